The highest BCUT2D eigenvalue weighted by molar-refractivity contribution is 9.11. The highest BCUT2D eigenvalue weighted by atomic mass is 79.9. The monoisotopic (exact) mass is 380 g/mol. The molecule has 114 valence electrons. The minimum atomic E-state index is -3.32. The van der Waals surface area contributed by atoms with E-state index in [2.05, 4.69) is 35.1 Å². The lowest BCUT2D eigenvalue weighted by Gasteiger charge is -2.36. The van der Waals surface area contributed by atoms with Gasteiger partial charge in [0.25, 0.3) is 10.0 Å². The lowest BCUT2D eigenvalue weighted by Crippen LogP contribution is -2.50. The van der Waals surface area contributed by atoms with Crippen molar-refractivity contribution in [2.45, 2.75) is 36.9 Å². The molecule has 1 aliphatic heterocycles. The summed E-state index contributed by atoms with van der Waals surface area (Å²) in [7, 11) is -3.32. The fourth-order valence-electron chi connectivity index (χ4n) is 2.52. The Bertz CT molecular complexity index is 544. The second kappa shape index (κ2) is 6.87. The Morgan fingerprint density at radius 3 is 2.80 bits per heavy atom. The molecule has 1 aromatic heterocycles. The molecule has 0 spiro atoms. The molecule has 0 aliphatic carbocycles. The normalized spacial score (nSPS) is 24.9. The van der Waals surface area contributed by atoms with Gasteiger partial charge in [0.1, 0.15) is 4.21 Å². The van der Waals surface area contributed by atoms with E-state index in [1.54, 1.807) is 16.4 Å². The van der Waals surface area contributed by atoms with E-state index in [0.29, 0.717) is 29.3 Å². The molecular formula is C13H21BrN2O2S2. The molecule has 1 saturated heterocycles. The first-order valence-corrected chi connectivity index (χ1v) is 9.99. The van der Waals surface area contributed by atoms with Gasteiger partial charge in [-0.3, -0.25) is 0 Å². The molecule has 1 N–H and O–H groups in total. The Labute approximate surface area is 133 Å². The second-order valence-corrected chi connectivity index (χ2v) is 9.88. The van der Waals surface area contributed by atoms with Gasteiger partial charge >= 0.3 is 0 Å². The van der Waals surface area contributed by atoms with E-state index in [1.807, 2.05) is 0 Å². The number of thiophene rings is 1. The number of halogens is 1. The highest BCUT2D eigenvalue weighted by Gasteiger charge is 2.33. The molecule has 0 aromatic carbocycles. The third-order valence-corrected chi connectivity index (χ3v) is 7.62. The maximum Gasteiger partial charge on any atom is 0.252 e. The predicted molar refractivity (Wildman–Crippen MR) is 86.6 cm³/mol. The fraction of sp³-hybridized carbons (Fsp3) is 0.692. The predicted octanol–water partition coefficient (Wildman–Crippen LogP) is 2.91. The van der Waals surface area contributed by atoms with Crippen LogP contribution >= 0.6 is 27.3 Å². The van der Waals surface area contributed by atoms with Crippen molar-refractivity contribution in [2.75, 3.05) is 19.6 Å². The molecule has 1 aliphatic rings. The zero-order chi connectivity index (χ0) is 14.8. The summed E-state index contributed by atoms with van der Waals surface area (Å²) in [5.74, 6) is 0.341. The van der Waals surface area contributed by atoms with Crippen LogP contribution in [0.5, 0.6) is 0 Å². The number of hydrogen-bond donors (Lipinski definition) is 1. The number of rotatable bonds is 5. The molecule has 2 unspecified atom stereocenters. The van der Waals surface area contributed by atoms with Gasteiger partial charge < -0.3 is 5.32 Å². The first-order chi connectivity index (χ1) is 9.45. The van der Waals surface area contributed by atoms with Gasteiger partial charge in [-0.2, -0.15) is 4.31 Å². The molecule has 2 rings (SSSR count). The average Bonchev–Trinajstić information content (AvgIpc) is 2.84. The third-order valence-electron chi connectivity index (χ3n) is 3.67. The Hall–Kier alpha value is 0.0500. The van der Waals surface area contributed by atoms with Gasteiger partial charge in [0.2, 0.25) is 0 Å². The van der Waals surface area contributed by atoms with Crippen molar-refractivity contribution in [3.63, 3.8) is 0 Å². The fourth-order valence-corrected chi connectivity index (χ4v) is 6.24. The maximum absolute atomic E-state index is 12.6. The molecular weight excluding hydrogens is 360 g/mol. The lowest BCUT2D eigenvalue weighted by molar-refractivity contribution is 0.221. The van der Waals surface area contributed by atoms with Crippen molar-refractivity contribution in [1.82, 2.24) is 9.62 Å². The van der Waals surface area contributed by atoms with Crippen LogP contribution < -0.4 is 5.32 Å². The summed E-state index contributed by atoms with van der Waals surface area (Å²) in [6.45, 7) is 6.47. The molecule has 2 atom stereocenters. The van der Waals surface area contributed by atoms with Crippen molar-refractivity contribution in [2.24, 2.45) is 5.92 Å². The Morgan fingerprint density at radius 1 is 1.50 bits per heavy atom. The summed E-state index contributed by atoms with van der Waals surface area (Å²) < 4.78 is 28.0. The highest BCUT2D eigenvalue weighted by Crippen LogP contribution is 2.30. The van der Waals surface area contributed by atoms with Crippen LogP contribution in [0.3, 0.4) is 0 Å². The van der Waals surface area contributed by atoms with Crippen molar-refractivity contribution in [3.05, 3.63) is 15.9 Å². The van der Waals surface area contributed by atoms with E-state index in [1.165, 1.54) is 11.3 Å². The van der Waals surface area contributed by atoms with Crippen LogP contribution in [0.25, 0.3) is 0 Å². The summed E-state index contributed by atoms with van der Waals surface area (Å²) in [4.78, 5) is 0. The van der Waals surface area contributed by atoms with Gasteiger partial charge in [-0.25, -0.2) is 8.42 Å². The minimum absolute atomic E-state index is 0.341. The SMILES string of the molecule is CCCNC1CCN(S(=O)(=O)c2ccc(Br)s2)CC1C. The smallest absolute Gasteiger partial charge is 0.252 e. The van der Waals surface area contributed by atoms with E-state index in [0.717, 1.165) is 23.2 Å². The molecule has 1 fully saturated rings. The summed E-state index contributed by atoms with van der Waals surface area (Å²) in [6.07, 6.45) is 1.99. The third kappa shape index (κ3) is 3.62. The standard InChI is InChI=1S/C13H21BrN2O2S2/c1-3-7-15-11-6-8-16(9-10(11)2)20(17,18)13-5-4-12(14)19-13/h4-5,10-11,15H,3,6-9H2,1-2H3. The zero-order valence-corrected chi connectivity index (χ0v) is 15.0. The van der Waals surface area contributed by atoms with E-state index in [4.69, 9.17) is 0 Å². The molecule has 20 heavy (non-hydrogen) atoms. The van der Waals surface area contributed by atoms with Crippen LogP contribution in [-0.2, 0) is 10.0 Å². The summed E-state index contributed by atoms with van der Waals surface area (Å²) in [5.41, 5.74) is 0. The summed E-state index contributed by atoms with van der Waals surface area (Å²) in [6, 6.07) is 3.89. The van der Waals surface area contributed by atoms with Crippen molar-refractivity contribution in [1.29, 1.82) is 0 Å². The maximum atomic E-state index is 12.6. The molecule has 2 heterocycles. The molecule has 0 bridgehead atoms. The summed E-state index contributed by atoms with van der Waals surface area (Å²) >= 11 is 4.60. The van der Waals surface area contributed by atoms with Crippen LogP contribution in [0.2, 0.25) is 0 Å². The minimum Gasteiger partial charge on any atom is -0.314 e. The van der Waals surface area contributed by atoms with Crippen molar-refractivity contribution in [3.8, 4) is 0 Å². The molecule has 4 nitrogen and oxygen atoms in total. The van der Waals surface area contributed by atoms with Gasteiger partial charge in [0, 0.05) is 19.1 Å². The van der Waals surface area contributed by atoms with Crippen molar-refractivity contribution >= 4 is 37.3 Å². The van der Waals surface area contributed by atoms with Gasteiger partial charge in [-0.05, 0) is 53.4 Å². The topological polar surface area (TPSA) is 49.4 Å². The van der Waals surface area contributed by atoms with Crippen LogP contribution in [0.4, 0.5) is 0 Å². The first-order valence-electron chi connectivity index (χ1n) is 6.94. The number of hydrogen-bond acceptors (Lipinski definition) is 4. The number of nitrogens with zero attached hydrogens (tertiary/aromatic N) is 1. The second-order valence-electron chi connectivity index (χ2n) is 5.25. The van der Waals surface area contributed by atoms with Crippen LogP contribution in [0, 0.1) is 5.92 Å². The average molecular weight is 381 g/mol. The molecule has 1 aromatic rings. The van der Waals surface area contributed by atoms with Crippen LogP contribution in [0.1, 0.15) is 26.7 Å². The number of piperidine rings is 1. The number of nitrogens with one attached hydrogen (secondary N) is 1. The number of sulfonamides is 1. The lowest BCUT2D eigenvalue weighted by atomic mass is 9.95. The van der Waals surface area contributed by atoms with Crippen molar-refractivity contribution < 1.29 is 8.42 Å². The molecule has 0 amide bonds. The van der Waals surface area contributed by atoms with E-state index < -0.39 is 10.0 Å². The summed E-state index contributed by atoms with van der Waals surface area (Å²) in [5, 5.41) is 3.51. The van der Waals surface area contributed by atoms with E-state index >= 15 is 0 Å². The Morgan fingerprint density at radius 2 is 2.25 bits per heavy atom. The van der Waals surface area contributed by atoms with E-state index in [-0.39, 0.29) is 0 Å². The molecule has 0 radical (unpaired) electrons. The van der Waals surface area contributed by atoms with Crippen LogP contribution in [-0.4, -0.2) is 38.4 Å². The quantitative estimate of drug-likeness (QED) is 0.853. The largest absolute Gasteiger partial charge is 0.314 e. The van der Waals surface area contributed by atoms with Gasteiger partial charge in [0.15, 0.2) is 0 Å². The Balaban J connectivity index is 2.05. The van der Waals surface area contributed by atoms with Gasteiger partial charge in [-0.1, -0.05) is 13.8 Å². The Kier molecular flexibility index (Phi) is 5.64. The molecule has 0 saturated carbocycles. The van der Waals surface area contributed by atoms with E-state index in [9.17, 15) is 8.42 Å². The zero-order valence-electron chi connectivity index (χ0n) is 11.8. The van der Waals surface area contributed by atoms with Crippen LogP contribution in [0.15, 0.2) is 20.1 Å². The first kappa shape index (κ1) is 16.4. The molecule has 7 heteroatoms. The van der Waals surface area contributed by atoms with Gasteiger partial charge in [-0.15, -0.1) is 11.3 Å². The van der Waals surface area contributed by atoms with Gasteiger partial charge in [0.05, 0.1) is 3.79 Å².